The van der Waals surface area contributed by atoms with Gasteiger partial charge in [-0.1, -0.05) is 12.1 Å². The Morgan fingerprint density at radius 2 is 1.86 bits per heavy atom. The molecule has 0 amide bonds. The summed E-state index contributed by atoms with van der Waals surface area (Å²) in [5.74, 6) is 0.830. The van der Waals surface area contributed by atoms with Gasteiger partial charge in [0.05, 0.1) is 24.8 Å². The van der Waals surface area contributed by atoms with Crippen LogP contribution in [0.5, 0.6) is 5.75 Å². The second-order valence-corrected chi connectivity index (χ2v) is 7.39. The van der Waals surface area contributed by atoms with Crippen molar-refractivity contribution in [2.75, 3.05) is 46.9 Å². The molecule has 0 N–H and O–H groups in total. The summed E-state index contributed by atoms with van der Waals surface area (Å²) in [6.07, 6.45) is 3.91. The van der Waals surface area contributed by atoms with Crippen LogP contribution in [-0.4, -0.2) is 76.0 Å². The van der Waals surface area contributed by atoms with Crippen LogP contribution in [-0.2, 0) is 13.6 Å². The number of piperazine rings is 1. The lowest BCUT2D eigenvalue weighted by Crippen LogP contribution is -2.45. The molecule has 1 aliphatic rings. The normalized spacial score (nSPS) is 15.8. The van der Waals surface area contributed by atoms with Gasteiger partial charge in [-0.05, 0) is 25.2 Å². The largest absolute Gasteiger partial charge is 0.497 e. The number of likely N-dealkylation sites (N-methyl/N-ethyl adjacent to an activating group) is 1. The highest BCUT2D eigenvalue weighted by Gasteiger charge is 2.19. The molecule has 3 heterocycles. The number of hydrogen-bond donors (Lipinski definition) is 0. The van der Waals surface area contributed by atoms with E-state index in [0.717, 1.165) is 67.7 Å². The van der Waals surface area contributed by atoms with Gasteiger partial charge in [0.2, 0.25) is 0 Å². The predicted octanol–water partition coefficient (Wildman–Crippen LogP) is 2.21. The second-order valence-electron chi connectivity index (χ2n) is 7.39. The Bertz CT molecular complexity index is 923. The minimum absolute atomic E-state index is 0.830. The van der Waals surface area contributed by atoms with E-state index in [2.05, 4.69) is 32.6 Å². The molecule has 1 aliphatic heterocycles. The molecule has 7 heteroatoms. The summed E-state index contributed by atoms with van der Waals surface area (Å²) >= 11 is 0. The molecule has 0 saturated carbocycles. The second kappa shape index (κ2) is 8.16. The Morgan fingerprint density at radius 3 is 2.57 bits per heavy atom. The van der Waals surface area contributed by atoms with Crippen LogP contribution in [0, 0.1) is 0 Å². The third-order valence-electron chi connectivity index (χ3n) is 5.39. The molecule has 0 radical (unpaired) electrons. The van der Waals surface area contributed by atoms with Crippen molar-refractivity contribution in [3.8, 4) is 28.4 Å². The van der Waals surface area contributed by atoms with Crippen molar-refractivity contribution >= 4 is 0 Å². The zero-order valence-corrected chi connectivity index (χ0v) is 16.9. The van der Waals surface area contributed by atoms with Crippen LogP contribution >= 0.6 is 0 Å². The zero-order valence-electron chi connectivity index (χ0n) is 16.9. The van der Waals surface area contributed by atoms with E-state index in [4.69, 9.17) is 9.72 Å². The van der Waals surface area contributed by atoms with Crippen LogP contribution in [0.1, 0.15) is 0 Å². The molecular formula is C21H28N6O. The number of aromatic nitrogens is 4. The number of ether oxygens (including phenoxy) is 1. The van der Waals surface area contributed by atoms with E-state index in [0.29, 0.717) is 0 Å². The average molecular weight is 380 g/mol. The third-order valence-corrected chi connectivity index (χ3v) is 5.39. The molecule has 1 aromatic carbocycles. The number of rotatable bonds is 6. The SMILES string of the molecule is COc1cccc(-c2ncn(CCN3CCN(C)CC3)c2-c2ccn(C)n2)c1. The fourth-order valence-corrected chi connectivity index (χ4v) is 3.66. The van der Waals surface area contributed by atoms with Crippen molar-refractivity contribution in [3.05, 3.63) is 42.9 Å². The van der Waals surface area contributed by atoms with Crippen molar-refractivity contribution in [3.63, 3.8) is 0 Å². The Kier molecular flexibility index (Phi) is 5.45. The Balaban J connectivity index is 1.64. The molecule has 1 saturated heterocycles. The van der Waals surface area contributed by atoms with Crippen molar-refractivity contribution in [1.82, 2.24) is 29.1 Å². The first-order valence-electron chi connectivity index (χ1n) is 9.74. The van der Waals surface area contributed by atoms with Gasteiger partial charge in [0.15, 0.2) is 0 Å². The van der Waals surface area contributed by atoms with Gasteiger partial charge < -0.3 is 14.2 Å². The van der Waals surface area contributed by atoms with Gasteiger partial charge >= 0.3 is 0 Å². The monoisotopic (exact) mass is 380 g/mol. The van der Waals surface area contributed by atoms with E-state index in [1.807, 2.05) is 48.5 Å². The van der Waals surface area contributed by atoms with E-state index in [1.54, 1.807) is 7.11 Å². The van der Waals surface area contributed by atoms with Crippen molar-refractivity contribution in [1.29, 1.82) is 0 Å². The highest BCUT2D eigenvalue weighted by atomic mass is 16.5. The van der Waals surface area contributed by atoms with Gasteiger partial charge in [-0.25, -0.2) is 4.98 Å². The number of nitrogens with zero attached hydrogens (tertiary/aromatic N) is 6. The maximum atomic E-state index is 5.40. The number of methoxy groups -OCH3 is 1. The molecule has 0 unspecified atom stereocenters. The summed E-state index contributed by atoms with van der Waals surface area (Å²) < 4.78 is 9.47. The van der Waals surface area contributed by atoms with Gasteiger partial charge in [0.25, 0.3) is 0 Å². The third kappa shape index (κ3) is 3.95. The molecule has 3 aromatic rings. The zero-order chi connectivity index (χ0) is 19.5. The van der Waals surface area contributed by atoms with Crippen LogP contribution < -0.4 is 4.74 Å². The number of benzene rings is 1. The Morgan fingerprint density at radius 1 is 1.04 bits per heavy atom. The van der Waals surface area contributed by atoms with Gasteiger partial charge in [-0.15, -0.1) is 0 Å². The molecule has 7 nitrogen and oxygen atoms in total. The maximum Gasteiger partial charge on any atom is 0.119 e. The summed E-state index contributed by atoms with van der Waals surface area (Å²) in [7, 11) is 5.82. The minimum atomic E-state index is 0.830. The van der Waals surface area contributed by atoms with E-state index >= 15 is 0 Å². The topological polar surface area (TPSA) is 51.4 Å². The fourth-order valence-electron chi connectivity index (χ4n) is 3.66. The standard InChI is InChI=1S/C21H28N6O/c1-24-9-11-26(12-10-24)13-14-27-16-22-20(17-5-4-6-18(15-17)28-3)21(27)19-7-8-25(2)23-19/h4-8,15-16H,9-14H2,1-3H3. The summed E-state index contributed by atoms with van der Waals surface area (Å²) in [6, 6.07) is 10.1. The lowest BCUT2D eigenvalue weighted by Gasteiger charge is -2.32. The summed E-state index contributed by atoms with van der Waals surface area (Å²) in [6.45, 7) is 6.41. The van der Waals surface area contributed by atoms with Crippen molar-refractivity contribution < 1.29 is 4.74 Å². The number of aryl methyl sites for hydroxylation is 1. The van der Waals surface area contributed by atoms with Crippen LogP contribution in [0.25, 0.3) is 22.6 Å². The van der Waals surface area contributed by atoms with E-state index in [1.165, 1.54) is 0 Å². The van der Waals surface area contributed by atoms with Crippen LogP contribution in [0.3, 0.4) is 0 Å². The van der Waals surface area contributed by atoms with Gasteiger partial charge in [-0.2, -0.15) is 5.10 Å². The molecule has 1 fully saturated rings. The highest BCUT2D eigenvalue weighted by molar-refractivity contribution is 5.77. The highest BCUT2D eigenvalue weighted by Crippen LogP contribution is 2.32. The first-order chi connectivity index (χ1) is 13.6. The van der Waals surface area contributed by atoms with Crippen LogP contribution in [0.2, 0.25) is 0 Å². The lowest BCUT2D eigenvalue weighted by atomic mass is 10.1. The summed E-state index contributed by atoms with van der Waals surface area (Å²) in [5.41, 5.74) is 3.98. The van der Waals surface area contributed by atoms with Crippen molar-refractivity contribution in [2.45, 2.75) is 6.54 Å². The minimum Gasteiger partial charge on any atom is -0.497 e. The molecule has 28 heavy (non-hydrogen) atoms. The van der Waals surface area contributed by atoms with Gasteiger partial charge in [-0.3, -0.25) is 9.58 Å². The maximum absolute atomic E-state index is 5.40. The van der Waals surface area contributed by atoms with E-state index in [-0.39, 0.29) is 0 Å². The van der Waals surface area contributed by atoms with Gasteiger partial charge in [0.1, 0.15) is 11.4 Å². The molecule has 2 aromatic heterocycles. The predicted molar refractivity (Wildman–Crippen MR) is 110 cm³/mol. The molecular weight excluding hydrogens is 352 g/mol. The molecule has 0 aliphatic carbocycles. The summed E-state index contributed by atoms with van der Waals surface area (Å²) in [4.78, 5) is 9.66. The molecule has 0 spiro atoms. The first kappa shape index (κ1) is 18.7. The van der Waals surface area contributed by atoms with Crippen LogP contribution in [0.4, 0.5) is 0 Å². The Labute approximate surface area is 166 Å². The number of imidazole rings is 1. The fraction of sp³-hybridized carbons (Fsp3) is 0.429. The quantitative estimate of drug-likeness (QED) is 0.656. The smallest absolute Gasteiger partial charge is 0.119 e. The van der Waals surface area contributed by atoms with E-state index in [9.17, 15) is 0 Å². The van der Waals surface area contributed by atoms with Crippen LogP contribution in [0.15, 0.2) is 42.9 Å². The first-order valence-corrected chi connectivity index (χ1v) is 9.74. The molecule has 0 atom stereocenters. The number of hydrogen-bond acceptors (Lipinski definition) is 5. The molecule has 4 rings (SSSR count). The van der Waals surface area contributed by atoms with Gasteiger partial charge in [0, 0.05) is 58.1 Å². The molecule has 148 valence electrons. The van der Waals surface area contributed by atoms with E-state index < -0.39 is 0 Å². The summed E-state index contributed by atoms with van der Waals surface area (Å²) in [5, 5.41) is 4.65. The Hall–Kier alpha value is -2.64. The average Bonchev–Trinajstić information content (AvgIpc) is 3.33. The molecule has 0 bridgehead atoms. The lowest BCUT2D eigenvalue weighted by molar-refractivity contribution is 0.150. The van der Waals surface area contributed by atoms with Crippen molar-refractivity contribution in [2.24, 2.45) is 7.05 Å².